The molecule has 1 aliphatic carbocycles. The van der Waals surface area contributed by atoms with Crippen molar-refractivity contribution in [2.24, 2.45) is 5.92 Å². The Morgan fingerprint density at radius 2 is 1.75 bits per heavy atom. The summed E-state index contributed by atoms with van der Waals surface area (Å²) in [6.45, 7) is 7.66. The Balaban J connectivity index is 2.25. The second kappa shape index (κ2) is 10.0. The number of rotatable bonds is 9. The van der Waals surface area contributed by atoms with Crippen LogP contribution in [0.25, 0.3) is 0 Å². The molecule has 0 amide bonds. The average molecular weight is 280 g/mol. The lowest BCUT2D eigenvalue weighted by atomic mass is 9.83. The van der Waals surface area contributed by atoms with Gasteiger partial charge in [0.25, 0.3) is 0 Å². The van der Waals surface area contributed by atoms with E-state index in [4.69, 9.17) is 4.74 Å². The van der Waals surface area contributed by atoms with E-state index < -0.39 is 0 Å². The van der Waals surface area contributed by atoms with Crippen LogP contribution in [0.1, 0.15) is 84.5 Å². The normalized spacial score (nSPS) is 22.5. The second-order valence-corrected chi connectivity index (χ2v) is 6.33. The molecule has 1 aliphatic rings. The van der Waals surface area contributed by atoms with Crippen LogP contribution in [0.3, 0.4) is 0 Å². The van der Waals surface area contributed by atoms with Gasteiger partial charge >= 0.3 is 5.97 Å². The molecule has 0 N–H and O–H groups in total. The molecule has 0 bridgehead atoms. The third kappa shape index (κ3) is 6.58. The Hall–Kier alpha value is -0.790. The molecule has 2 heteroatoms. The van der Waals surface area contributed by atoms with Crippen LogP contribution in [0.5, 0.6) is 0 Å². The third-order valence-corrected chi connectivity index (χ3v) is 4.37. The summed E-state index contributed by atoms with van der Waals surface area (Å²) >= 11 is 0. The van der Waals surface area contributed by atoms with Crippen molar-refractivity contribution in [3.8, 4) is 0 Å². The van der Waals surface area contributed by atoms with Crippen molar-refractivity contribution >= 4 is 5.97 Å². The fourth-order valence-electron chi connectivity index (χ4n) is 3.08. The van der Waals surface area contributed by atoms with E-state index in [1.54, 1.807) is 6.92 Å². The predicted molar refractivity (Wildman–Crippen MR) is 84.6 cm³/mol. The van der Waals surface area contributed by atoms with Crippen LogP contribution >= 0.6 is 0 Å². The summed E-state index contributed by atoms with van der Waals surface area (Å²) < 4.78 is 5.62. The quantitative estimate of drug-likeness (QED) is 0.320. The molecule has 1 rings (SSSR count). The number of hydrogen-bond donors (Lipinski definition) is 0. The number of unbranched alkanes of at least 4 members (excludes halogenated alkanes) is 5. The van der Waals surface area contributed by atoms with Crippen LogP contribution in [0, 0.1) is 5.92 Å². The van der Waals surface area contributed by atoms with Crippen LogP contribution in [-0.4, -0.2) is 12.1 Å². The van der Waals surface area contributed by atoms with Gasteiger partial charge < -0.3 is 4.74 Å². The average Bonchev–Trinajstić information content (AvgIpc) is 2.44. The van der Waals surface area contributed by atoms with Gasteiger partial charge in [0.1, 0.15) is 6.10 Å². The van der Waals surface area contributed by atoms with Gasteiger partial charge in [0.05, 0.1) is 0 Å². The number of carbonyl (C=O) groups excluding carboxylic acids is 1. The van der Waals surface area contributed by atoms with Crippen LogP contribution in [0.15, 0.2) is 12.2 Å². The molecule has 2 nitrogen and oxygen atoms in total. The van der Waals surface area contributed by atoms with E-state index in [9.17, 15) is 4.79 Å². The van der Waals surface area contributed by atoms with Crippen LogP contribution < -0.4 is 0 Å². The smallest absolute Gasteiger partial charge is 0.333 e. The summed E-state index contributed by atoms with van der Waals surface area (Å²) in [6, 6.07) is 0. The Kier molecular flexibility index (Phi) is 8.64. The van der Waals surface area contributed by atoms with E-state index >= 15 is 0 Å². The topological polar surface area (TPSA) is 26.3 Å². The highest BCUT2D eigenvalue weighted by Crippen LogP contribution is 2.31. The van der Waals surface area contributed by atoms with Crippen molar-refractivity contribution in [3.05, 3.63) is 12.2 Å². The zero-order valence-corrected chi connectivity index (χ0v) is 13.5. The summed E-state index contributed by atoms with van der Waals surface area (Å²) in [6.07, 6.45) is 14.1. The second-order valence-electron chi connectivity index (χ2n) is 6.33. The van der Waals surface area contributed by atoms with Gasteiger partial charge in [-0.05, 0) is 38.5 Å². The molecule has 1 saturated carbocycles. The molecule has 20 heavy (non-hydrogen) atoms. The highest BCUT2D eigenvalue weighted by molar-refractivity contribution is 5.87. The maximum Gasteiger partial charge on any atom is 0.333 e. The van der Waals surface area contributed by atoms with Crippen molar-refractivity contribution in [1.82, 2.24) is 0 Å². The lowest BCUT2D eigenvalue weighted by Gasteiger charge is -2.31. The lowest BCUT2D eigenvalue weighted by Crippen LogP contribution is -2.30. The predicted octanol–water partition coefficient (Wildman–Crippen LogP) is 5.42. The van der Waals surface area contributed by atoms with Crippen LogP contribution in [0.2, 0.25) is 0 Å². The van der Waals surface area contributed by atoms with Gasteiger partial charge in [-0.25, -0.2) is 4.79 Å². The molecule has 2 unspecified atom stereocenters. The number of carbonyl (C=O) groups is 1. The first-order valence-corrected chi connectivity index (χ1v) is 8.51. The zero-order valence-electron chi connectivity index (χ0n) is 13.5. The molecule has 0 aromatic carbocycles. The van der Waals surface area contributed by atoms with Crippen molar-refractivity contribution < 1.29 is 9.53 Å². The Labute approximate surface area is 125 Å². The van der Waals surface area contributed by atoms with Gasteiger partial charge in [0.2, 0.25) is 0 Å². The van der Waals surface area contributed by atoms with Crippen molar-refractivity contribution in [1.29, 1.82) is 0 Å². The number of ether oxygens (including phenoxy) is 1. The maximum absolute atomic E-state index is 11.7. The number of hydrogen-bond acceptors (Lipinski definition) is 2. The van der Waals surface area contributed by atoms with E-state index in [0.717, 1.165) is 6.42 Å². The molecule has 0 spiro atoms. The third-order valence-electron chi connectivity index (χ3n) is 4.37. The van der Waals surface area contributed by atoms with Gasteiger partial charge in [0.15, 0.2) is 0 Å². The van der Waals surface area contributed by atoms with E-state index in [2.05, 4.69) is 13.5 Å². The summed E-state index contributed by atoms with van der Waals surface area (Å²) in [4.78, 5) is 11.7. The fraction of sp³-hybridized carbons (Fsp3) is 0.833. The molecular formula is C18H32O2. The van der Waals surface area contributed by atoms with E-state index in [1.165, 1.54) is 64.2 Å². The monoisotopic (exact) mass is 280 g/mol. The summed E-state index contributed by atoms with van der Waals surface area (Å²) in [5, 5.41) is 0. The van der Waals surface area contributed by atoms with E-state index in [1.807, 2.05) is 0 Å². The Morgan fingerprint density at radius 1 is 1.10 bits per heavy atom. The minimum atomic E-state index is -0.204. The SMILES string of the molecule is C=C(C)C(=O)OC1CCCCC1CCCCCCCC. The summed E-state index contributed by atoms with van der Waals surface area (Å²) in [5.74, 6) is 0.378. The minimum absolute atomic E-state index is 0.142. The minimum Gasteiger partial charge on any atom is -0.459 e. The van der Waals surface area contributed by atoms with E-state index in [-0.39, 0.29) is 12.1 Å². The molecule has 0 heterocycles. The van der Waals surface area contributed by atoms with Gasteiger partial charge in [0, 0.05) is 5.57 Å². The van der Waals surface area contributed by atoms with Gasteiger partial charge in [-0.3, -0.25) is 0 Å². The molecule has 116 valence electrons. The largest absolute Gasteiger partial charge is 0.459 e. The summed E-state index contributed by atoms with van der Waals surface area (Å²) in [7, 11) is 0. The molecule has 2 atom stereocenters. The number of esters is 1. The van der Waals surface area contributed by atoms with Gasteiger partial charge in [-0.15, -0.1) is 0 Å². The molecule has 0 aromatic rings. The Bertz CT molecular complexity index is 296. The first-order valence-electron chi connectivity index (χ1n) is 8.51. The first kappa shape index (κ1) is 17.3. The lowest BCUT2D eigenvalue weighted by molar-refractivity contribution is -0.148. The molecule has 0 radical (unpaired) electrons. The van der Waals surface area contributed by atoms with E-state index in [0.29, 0.717) is 11.5 Å². The van der Waals surface area contributed by atoms with Gasteiger partial charge in [-0.1, -0.05) is 58.4 Å². The highest BCUT2D eigenvalue weighted by Gasteiger charge is 2.27. The first-order chi connectivity index (χ1) is 9.65. The Morgan fingerprint density at radius 3 is 2.45 bits per heavy atom. The summed E-state index contributed by atoms with van der Waals surface area (Å²) in [5.41, 5.74) is 0.522. The standard InChI is InChI=1S/C18H32O2/c1-4-5-6-7-8-9-12-16-13-10-11-14-17(16)20-18(19)15(2)3/h16-17H,2,4-14H2,1,3H3. The van der Waals surface area contributed by atoms with Crippen LogP contribution in [0.4, 0.5) is 0 Å². The fourth-order valence-corrected chi connectivity index (χ4v) is 3.08. The van der Waals surface area contributed by atoms with Crippen molar-refractivity contribution in [3.63, 3.8) is 0 Å². The van der Waals surface area contributed by atoms with Crippen LogP contribution in [-0.2, 0) is 9.53 Å². The van der Waals surface area contributed by atoms with Gasteiger partial charge in [-0.2, -0.15) is 0 Å². The highest BCUT2D eigenvalue weighted by atomic mass is 16.5. The molecule has 1 fully saturated rings. The maximum atomic E-state index is 11.7. The zero-order chi connectivity index (χ0) is 14.8. The molecule has 0 aromatic heterocycles. The van der Waals surface area contributed by atoms with Crippen molar-refractivity contribution in [2.75, 3.05) is 0 Å². The molecular weight excluding hydrogens is 248 g/mol. The molecule has 0 aliphatic heterocycles. The van der Waals surface area contributed by atoms with Crippen molar-refractivity contribution in [2.45, 2.75) is 90.6 Å². The molecule has 0 saturated heterocycles.